The molecule has 94 valence electrons. The first kappa shape index (κ1) is 13.6. The third-order valence-electron chi connectivity index (χ3n) is 2.14. The third-order valence-corrected chi connectivity index (χ3v) is 5.14. The number of hydrogen-bond donors (Lipinski definition) is 1. The highest BCUT2D eigenvalue weighted by atomic mass is 32.2. The normalized spacial score (nSPS) is 10.1. The van der Waals surface area contributed by atoms with Crippen LogP contribution in [-0.4, -0.2) is 21.1 Å². The Kier molecular flexibility index (Phi) is 5.20. The number of aliphatic hydroxyl groups is 1. The molecule has 0 amide bonds. The fourth-order valence-corrected chi connectivity index (χ4v) is 3.91. The highest BCUT2D eigenvalue weighted by Crippen LogP contribution is 2.28. The van der Waals surface area contributed by atoms with Gasteiger partial charge in [-0.25, -0.2) is 4.98 Å². The van der Waals surface area contributed by atoms with Crippen LogP contribution in [0.15, 0.2) is 15.8 Å². The van der Waals surface area contributed by atoms with E-state index in [1.165, 1.54) is 16.4 Å². The quantitative estimate of drug-likeness (QED) is 0.696. The van der Waals surface area contributed by atoms with Crippen LogP contribution in [0.25, 0.3) is 0 Å². The van der Waals surface area contributed by atoms with E-state index in [0.717, 1.165) is 27.9 Å². The van der Waals surface area contributed by atoms with Gasteiger partial charge in [-0.05, 0) is 23.0 Å². The summed E-state index contributed by atoms with van der Waals surface area (Å²) in [4.78, 5) is 5.64. The maximum atomic E-state index is 8.70. The number of aryl methyl sites for hydroxylation is 1. The molecule has 0 aliphatic carbocycles. The van der Waals surface area contributed by atoms with Crippen LogP contribution in [0.1, 0.15) is 23.2 Å². The third kappa shape index (κ3) is 3.56. The number of thioether (sulfide) groups is 1. The van der Waals surface area contributed by atoms with Crippen molar-refractivity contribution in [1.82, 2.24) is 9.36 Å². The highest BCUT2D eigenvalue weighted by Gasteiger charge is 2.06. The Morgan fingerprint density at radius 3 is 3.11 bits per heavy atom. The van der Waals surface area contributed by atoms with Gasteiger partial charge >= 0.3 is 0 Å². The number of hydrogen-bond acceptors (Lipinski definition) is 6. The Morgan fingerprint density at radius 2 is 2.39 bits per heavy atom. The highest BCUT2D eigenvalue weighted by molar-refractivity contribution is 8.00. The van der Waals surface area contributed by atoms with Gasteiger partial charge in [-0.2, -0.15) is 4.37 Å². The minimum atomic E-state index is -0.0985. The molecule has 0 radical (unpaired) electrons. The number of nitrogens with zero attached hydrogens (tertiary/aromatic N) is 2. The van der Waals surface area contributed by atoms with Crippen LogP contribution in [0.3, 0.4) is 0 Å². The Hall–Kier alpha value is -0.870. The van der Waals surface area contributed by atoms with E-state index in [1.54, 1.807) is 23.1 Å². The second-order valence-corrected chi connectivity index (χ2v) is 6.31. The van der Waals surface area contributed by atoms with Crippen molar-refractivity contribution in [1.29, 1.82) is 0 Å². The van der Waals surface area contributed by atoms with Gasteiger partial charge in [0.05, 0.1) is 0 Å². The molecule has 0 aliphatic rings. The molecule has 3 nitrogen and oxygen atoms in total. The van der Waals surface area contributed by atoms with E-state index in [2.05, 4.69) is 28.1 Å². The number of aromatic nitrogens is 2. The zero-order valence-electron chi connectivity index (χ0n) is 9.84. The SMILES string of the molecule is CCc1nsc(SCc2sccc2C#CCO)n1. The molecule has 0 unspecified atom stereocenters. The van der Waals surface area contributed by atoms with Crippen LogP contribution in [0.2, 0.25) is 0 Å². The Morgan fingerprint density at radius 1 is 1.50 bits per heavy atom. The summed E-state index contributed by atoms with van der Waals surface area (Å²) in [6, 6.07) is 1.99. The van der Waals surface area contributed by atoms with Gasteiger partial charge in [-0.1, -0.05) is 30.5 Å². The lowest BCUT2D eigenvalue weighted by Gasteiger charge is -1.95. The molecule has 6 heteroatoms. The summed E-state index contributed by atoms with van der Waals surface area (Å²) >= 11 is 4.82. The smallest absolute Gasteiger partial charge is 0.170 e. The molecule has 0 aliphatic heterocycles. The Bertz CT molecular complexity index is 565. The monoisotopic (exact) mass is 296 g/mol. The van der Waals surface area contributed by atoms with E-state index >= 15 is 0 Å². The summed E-state index contributed by atoms with van der Waals surface area (Å²) in [6.45, 7) is 1.96. The van der Waals surface area contributed by atoms with E-state index in [1.807, 2.05) is 11.4 Å². The van der Waals surface area contributed by atoms with Gasteiger partial charge in [0.25, 0.3) is 0 Å². The van der Waals surface area contributed by atoms with Crippen molar-refractivity contribution in [2.45, 2.75) is 23.4 Å². The van der Waals surface area contributed by atoms with Crippen LogP contribution in [0, 0.1) is 11.8 Å². The zero-order valence-corrected chi connectivity index (χ0v) is 12.3. The van der Waals surface area contributed by atoms with Crippen molar-refractivity contribution in [2.75, 3.05) is 6.61 Å². The van der Waals surface area contributed by atoms with Crippen molar-refractivity contribution < 1.29 is 5.11 Å². The Balaban J connectivity index is 1.99. The average molecular weight is 296 g/mol. The molecule has 0 fully saturated rings. The summed E-state index contributed by atoms with van der Waals surface area (Å²) in [5.41, 5.74) is 1.00. The summed E-state index contributed by atoms with van der Waals surface area (Å²) in [5.74, 6) is 7.40. The van der Waals surface area contributed by atoms with Gasteiger partial charge in [0, 0.05) is 22.6 Å². The summed E-state index contributed by atoms with van der Waals surface area (Å²) in [6.07, 6.45) is 0.878. The van der Waals surface area contributed by atoms with Gasteiger partial charge in [-0.3, -0.25) is 0 Å². The lowest BCUT2D eigenvalue weighted by Crippen LogP contribution is -1.83. The standard InChI is InChI=1S/C12H12N2OS3/c1-2-11-13-12(18-14-11)17-8-10-9(4-3-6-15)5-7-16-10/h5,7,15H,2,6,8H2,1H3. The van der Waals surface area contributed by atoms with Gasteiger partial charge in [-0.15, -0.1) is 11.3 Å². The van der Waals surface area contributed by atoms with E-state index in [-0.39, 0.29) is 6.61 Å². The largest absolute Gasteiger partial charge is 0.384 e. The molecule has 0 saturated carbocycles. The van der Waals surface area contributed by atoms with Crippen molar-refractivity contribution in [2.24, 2.45) is 0 Å². The average Bonchev–Trinajstić information content (AvgIpc) is 3.02. The first-order valence-corrected chi connectivity index (χ1v) is 8.08. The predicted molar refractivity (Wildman–Crippen MR) is 77.1 cm³/mol. The van der Waals surface area contributed by atoms with Crippen LogP contribution >= 0.6 is 34.6 Å². The maximum absolute atomic E-state index is 8.70. The molecular formula is C12H12N2OS3. The molecule has 0 bridgehead atoms. The molecule has 1 N–H and O–H groups in total. The topological polar surface area (TPSA) is 46.0 Å². The minimum Gasteiger partial charge on any atom is -0.384 e. The van der Waals surface area contributed by atoms with E-state index in [4.69, 9.17) is 5.11 Å². The van der Waals surface area contributed by atoms with Crippen molar-refractivity contribution in [3.8, 4) is 11.8 Å². The second kappa shape index (κ2) is 6.90. The molecule has 18 heavy (non-hydrogen) atoms. The summed E-state index contributed by atoms with van der Waals surface area (Å²) in [5, 5.41) is 10.7. The lowest BCUT2D eigenvalue weighted by atomic mass is 10.3. The molecule has 2 heterocycles. The van der Waals surface area contributed by atoms with Crippen LogP contribution in [0.4, 0.5) is 0 Å². The molecular weight excluding hydrogens is 284 g/mol. The second-order valence-electron chi connectivity index (χ2n) is 3.34. The molecule has 2 rings (SSSR count). The number of rotatable bonds is 4. The Labute approximate surface area is 118 Å². The molecule has 2 aromatic heterocycles. The zero-order chi connectivity index (χ0) is 12.8. The fourth-order valence-electron chi connectivity index (χ4n) is 1.27. The number of aliphatic hydroxyl groups excluding tert-OH is 1. The van der Waals surface area contributed by atoms with Crippen LogP contribution in [-0.2, 0) is 12.2 Å². The van der Waals surface area contributed by atoms with Gasteiger partial charge < -0.3 is 5.11 Å². The minimum absolute atomic E-state index is 0.0985. The summed E-state index contributed by atoms with van der Waals surface area (Å²) in [7, 11) is 0. The van der Waals surface area contributed by atoms with Gasteiger partial charge in [0.1, 0.15) is 12.4 Å². The molecule has 0 saturated heterocycles. The van der Waals surface area contributed by atoms with E-state index in [0.29, 0.717) is 0 Å². The first-order valence-electron chi connectivity index (χ1n) is 5.45. The van der Waals surface area contributed by atoms with Crippen molar-refractivity contribution in [3.05, 3.63) is 27.7 Å². The number of thiophene rings is 1. The molecule has 2 aromatic rings. The van der Waals surface area contributed by atoms with Crippen LogP contribution < -0.4 is 0 Å². The van der Waals surface area contributed by atoms with Crippen molar-refractivity contribution in [3.63, 3.8) is 0 Å². The predicted octanol–water partition coefficient (Wildman–Crippen LogP) is 2.80. The van der Waals surface area contributed by atoms with Crippen molar-refractivity contribution >= 4 is 34.6 Å². The maximum Gasteiger partial charge on any atom is 0.170 e. The van der Waals surface area contributed by atoms with Gasteiger partial charge in [0.15, 0.2) is 4.34 Å². The lowest BCUT2D eigenvalue weighted by molar-refractivity contribution is 0.350. The molecule has 0 atom stereocenters. The van der Waals surface area contributed by atoms with Crippen LogP contribution in [0.5, 0.6) is 0 Å². The summed E-state index contributed by atoms with van der Waals surface area (Å²) < 4.78 is 5.26. The van der Waals surface area contributed by atoms with E-state index < -0.39 is 0 Å². The first-order chi connectivity index (χ1) is 8.83. The molecule has 0 aromatic carbocycles. The van der Waals surface area contributed by atoms with E-state index in [9.17, 15) is 0 Å². The fraction of sp³-hybridized carbons (Fsp3) is 0.333. The molecule has 0 spiro atoms. The van der Waals surface area contributed by atoms with Gasteiger partial charge in [0.2, 0.25) is 0 Å².